The van der Waals surface area contributed by atoms with E-state index in [1.165, 1.54) is 0 Å². The molecule has 1 saturated carbocycles. The minimum atomic E-state index is 0.175. The molecule has 88 valence electrons. The number of nitrogens with one attached hydrogen (secondary N) is 1. The van der Waals surface area contributed by atoms with E-state index in [1.807, 2.05) is 0 Å². The maximum Gasteiger partial charge on any atom is 0.223 e. The number of nitrogens with zero attached hydrogens (tertiary/aromatic N) is 2. The van der Waals surface area contributed by atoms with Gasteiger partial charge in [0.05, 0.1) is 0 Å². The molecule has 2 rings (SSSR count). The lowest BCUT2D eigenvalue weighted by Crippen LogP contribution is -2.18. The Bertz CT molecular complexity index is 357. The fraction of sp³-hybridized carbons (Fsp3) is 0.600. The van der Waals surface area contributed by atoms with Crippen LogP contribution in [0.5, 0.6) is 0 Å². The molecule has 6 N–H and O–H groups in total. The zero-order valence-corrected chi connectivity index (χ0v) is 9.11. The van der Waals surface area contributed by atoms with E-state index in [2.05, 4.69) is 15.3 Å². The molecule has 0 amide bonds. The first-order valence-corrected chi connectivity index (χ1v) is 5.38. The maximum absolute atomic E-state index is 8.93. The van der Waals surface area contributed by atoms with Gasteiger partial charge in [0.15, 0.2) is 0 Å². The van der Waals surface area contributed by atoms with Crippen LogP contribution in [0.25, 0.3) is 0 Å². The first-order valence-electron chi connectivity index (χ1n) is 5.38. The summed E-state index contributed by atoms with van der Waals surface area (Å²) < 4.78 is 0. The summed E-state index contributed by atoms with van der Waals surface area (Å²) in [5, 5.41) is 12.1. The highest BCUT2D eigenvalue weighted by Crippen LogP contribution is 2.48. The van der Waals surface area contributed by atoms with Gasteiger partial charge in [0.2, 0.25) is 5.95 Å². The minimum absolute atomic E-state index is 0.175. The van der Waals surface area contributed by atoms with Crippen molar-refractivity contribution in [1.29, 1.82) is 0 Å². The van der Waals surface area contributed by atoms with Crippen LogP contribution in [-0.4, -0.2) is 28.2 Å². The SMILES string of the molecule is Nc1cc(NCC2(CCO)CC2)nc(N)n1. The largest absolute Gasteiger partial charge is 0.396 e. The third-order valence-electron chi connectivity index (χ3n) is 3.01. The van der Waals surface area contributed by atoms with Crippen LogP contribution in [0.4, 0.5) is 17.6 Å². The number of hydrogen-bond acceptors (Lipinski definition) is 6. The van der Waals surface area contributed by atoms with Gasteiger partial charge >= 0.3 is 0 Å². The second kappa shape index (κ2) is 4.13. The van der Waals surface area contributed by atoms with Gasteiger partial charge in [-0.25, -0.2) is 0 Å². The van der Waals surface area contributed by atoms with Gasteiger partial charge < -0.3 is 21.9 Å². The summed E-state index contributed by atoms with van der Waals surface area (Å²) in [7, 11) is 0. The van der Waals surface area contributed by atoms with E-state index < -0.39 is 0 Å². The van der Waals surface area contributed by atoms with Gasteiger partial charge in [0, 0.05) is 19.2 Å². The fourth-order valence-corrected chi connectivity index (χ4v) is 1.78. The number of anilines is 3. The number of nitrogen functional groups attached to an aromatic ring is 2. The molecule has 0 aromatic carbocycles. The Morgan fingerprint density at radius 3 is 2.69 bits per heavy atom. The first-order chi connectivity index (χ1) is 7.63. The lowest BCUT2D eigenvalue weighted by atomic mass is 10.0. The standard InChI is InChI=1S/C10H17N5O/c11-7-5-8(15-9(12)14-7)13-6-10(1-2-10)3-4-16/h5,16H,1-4,6H2,(H5,11,12,13,14,15). The number of hydrogen-bond donors (Lipinski definition) is 4. The molecule has 6 heteroatoms. The van der Waals surface area contributed by atoms with Crippen molar-refractivity contribution in [2.24, 2.45) is 5.41 Å². The highest BCUT2D eigenvalue weighted by atomic mass is 16.3. The first kappa shape index (κ1) is 10.9. The lowest BCUT2D eigenvalue weighted by Gasteiger charge is -2.15. The molecule has 1 aliphatic rings. The normalized spacial score (nSPS) is 17.1. The zero-order chi connectivity index (χ0) is 11.6. The summed E-state index contributed by atoms with van der Waals surface area (Å²) in [6.07, 6.45) is 3.13. The quantitative estimate of drug-likeness (QED) is 0.568. The summed E-state index contributed by atoms with van der Waals surface area (Å²) in [6, 6.07) is 1.66. The van der Waals surface area contributed by atoms with Gasteiger partial charge in [-0.15, -0.1) is 0 Å². The van der Waals surface area contributed by atoms with Gasteiger partial charge in [-0.3, -0.25) is 0 Å². The fourth-order valence-electron chi connectivity index (χ4n) is 1.78. The molecular weight excluding hydrogens is 206 g/mol. The van der Waals surface area contributed by atoms with Gasteiger partial charge in [0.25, 0.3) is 0 Å². The molecule has 1 fully saturated rings. The van der Waals surface area contributed by atoms with Crippen LogP contribution in [-0.2, 0) is 0 Å². The number of rotatable bonds is 5. The average molecular weight is 223 g/mol. The molecule has 0 unspecified atom stereocenters. The molecule has 1 aliphatic carbocycles. The topological polar surface area (TPSA) is 110 Å². The predicted molar refractivity (Wildman–Crippen MR) is 62.7 cm³/mol. The lowest BCUT2D eigenvalue weighted by molar-refractivity contribution is 0.253. The van der Waals surface area contributed by atoms with Crippen molar-refractivity contribution < 1.29 is 5.11 Å². The molecule has 16 heavy (non-hydrogen) atoms. The van der Waals surface area contributed by atoms with E-state index >= 15 is 0 Å². The van der Waals surface area contributed by atoms with Crippen molar-refractivity contribution in [2.75, 3.05) is 29.9 Å². The van der Waals surface area contributed by atoms with Crippen LogP contribution in [0.3, 0.4) is 0 Å². The van der Waals surface area contributed by atoms with Crippen LogP contribution >= 0.6 is 0 Å². The second-order valence-electron chi connectivity index (χ2n) is 4.36. The van der Waals surface area contributed by atoms with Crippen molar-refractivity contribution in [1.82, 2.24) is 9.97 Å². The molecule has 0 spiro atoms. The molecule has 0 radical (unpaired) electrons. The van der Waals surface area contributed by atoms with Gasteiger partial charge in [-0.05, 0) is 24.7 Å². The molecule has 0 atom stereocenters. The van der Waals surface area contributed by atoms with Crippen LogP contribution in [0, 0.1) is 5.41 Å². The number of aromatic nitrogens is 2. The smallest absolute Gasteiger partial charge is 0.223 e. The van der Waals surface area contributed by atoms with Gasteiger partial charge in [-0.1, -0.05) is 0 Å². The average Bonchev–Trinajstić information content (AvgIpc) is 2.95. The van der Waals surface area contributed by atoms with Crippen molar-refractivity contribution in [3.05, 3.63) is 6.07 Å². The Morgan fingerprint density at radius 1 is 1.38 bits per heavy atom. The van der Waals surface area contributed by atoms with Crippen LogP contribution in [0.1, 0.15) is 19.3 Å². The number of aliphatic hydroxyl groups excluding tert-OH is 1. The Balaban J connectivity index is 1.94. The van der Waals surface area contributed by atoms with Crippen molar-refractivity contribution in [3.63, 3.8) is 0 Å². The van der Waals surface area contributed by atoms with Gasteiger partial charge in [-0.2, -0.15) is 9.97 Å². The van der Waals surface area contributed by atoms with Crippen molar-refractivity contribution in [2.45, 2.75) is 19.3 Å². The summed E-state index contributed by atoms with van der Waals surface area (Å²) in [5.41, 5.74) is 11.3. The number of nitrogens with two attached hydrogens (primary N) is 2. The van der Waals surface area contributed by atoms with Crippen molar-refractivity contribution in [3.8, 4) is 0 Å². The Labute approximate surface area is 94.1 Å². The van der Waals surface area contributed by atoms with E-state index in [9.17, 15) is 0 Å². The summed E-state index contributed by atoms with van der Waals surface area (Å²) >= 11 is 0. The number of aliphatic hydroxyl groups is 1. The van der Waals surface area contributed by atoms with Crippen LogP contribution in [0.2, 0.25) is 0 Å². The van der Waals surface area contributed by atoms with Crippen LogP contribution < -0.4 is 16.8 Å². The minimum Gasteiger partial charge on any atom is -0.396 e. The molecule has 0 aliphatic heterocycles. The molecule has 1 heterocycles. The summed E-state index contributed by atoms with van der Waals surface area (Å²) in [4.78, 5) is 7.83. The molecule has 1 aromatic heterocycles. The predicted octanol–water partition coefficient (Wildman–Crippen LogP) is 0.215. The molecular formula is C10H17N5O. The van der Waals surface area contributed by atoms with Crippen molar-refractivity contribution >= 4 is 17.6 Å². The van der Waals surface area contributed by atoms with E-state index in [0.29, 0.717) is 11.6 Å². The zero-order valence-electron chi connectivity index (χ0n) is 9.11. The third kappa shape index (κ3) is 2.52. The molecule has 0 bridgehead atoms. The van der Waals surface area contributed by atoms with E-state index in [-0.39, 0.29) is 18.0 Å². The monoisotopic (exact) mass is 223 g/mol. The van der Waals surface area contributed by atoms with Gasteiger partial charge in [0.1, 0.15) is 11.6 Å². The Kier molecular flexibility index (Phi) is 2.82. The maximum atomic E-state index is 8.93. The molecule has 0 saturated heterocycles. The Morgan fingerprint density at radius 2 is 2.12 bits per heavy atom. The second-order valence-corrected chi connectivity index (χ2v) is 4.36. The molecule has 6 nitrogen and oxygen atoms in total. The third-order valence-corrected chi connectivity index (χ3v) is 3.01. The van der Waals surface area contributed by atoms with Crippen LogP contribution in [0.15, 0.2) is 6.07 Å². The highest BCUT2D eigenvalue weighted by Gasteiger charge is 2.41. The van der Waals surface area contributed by atoms with E-state index in [4.69, 9.17) is 16.6 Å². The van der Waals surface area contributed by atoms with E-state index in [0.717, 1.165) is 25.8 Å². The summed E-state index contributed by atoms with van der Waals surface area (Å²) in [5.74, 6) is 1.19. The Hall–Kier alpha value is -1.56. The molecule has 1 aromatic rings. The summed E-state index contributed by atoms with van der Waals surface area (Å²) in [6.45, 7) is 1.03. The highest BCUT2D eigenvalue weighted by molar-refractivity contribution is 5.48. The van der Waals surface area contributed by atoms with E-state index in [1.54, 1.807) is 6.07 Å².